The average Bonchev–Trinajstić information content (AvgIpc) is 3.11. The van der Waals surface area contributed by atoms with Crippen molar-refractivity contribution in [1.82, 2.24) is 34.6 Å². The summed E-state index contributed by atoms with van der Waals surface area (Å²) >= 11 is 0. The maximum absolute atomic E-state index is 14.4. The van der Waals surface area contributed by atoms with Crippen LogP contribution in [0.25, 0.3) is 11.4 Å². The Kier molecular flexibility index (Phi) is 6.79. The Labute approximate surface area is 205 Å². The number of rotatable bonds is 5. The third-order valence-corrected chi connectivity index (χ3v) is 5.71. The summed E-state index contributed by atoms with van der Waals surface area (Å²) < 4.78 is 87.1. The van der Waals surface area contributed by atoms with E-state index in [-0.39, 0.29) is 23.6 Å². The third-order valence-electron chi connectivity index (χ3n) is 5.71. The molecule has 4 heterocycles. The molecule has 0 aliphatic carbocycles. The smallest absolute Gasteiger partial charge is 0.352 e. The number of nitrogens with zero attached hydrogens (tertiary/aromatic N) is 7. The molecule has 0 bridgehead atoms. The van der Waals surface area contributed by atoms with Crippen molar-refractivity contribution in [1.29, 1.82) is 0 Å². The van der Waals surface area contributed by atoms with Crippen LogP contribution in [0.1, 0.15) is 28.8 Å². The van der Waals surface area contributed by atoms with Crippen LogP contribution in [0.4, 0.5) is 32.3 Å². The molecule has 0 unspecified atom stereocenters. The van der Waals surface area contributed by atoms with Crippen molar-refractivity contribution >= 4 is 11.9 Å². The molecular weight excluding hydrogens is 510 g/mol. The average molecular weight is 530 g/mol. The van der Waals surface area contributed by atoms with Crippen molar-refractivity contribution in [2.45, 2.75) is 38.3 Å². The van der Waals surface area contributed by atoms with E-state index in [0.717, 1.165) is 23.5 Å². The summed E-state index contributed by atoms with van der Waals surface area (Å²) in [5.41, 5.74) is -0.944. The molecule has 10 nitrogen and oxygen atoms in total. The molecule has 1 amide bonds. The van der Waals surface area contributed by atoms with Crippen LogP contribution in [0, 0.1) is 12.7 Å². The highest BCUT2D eigenvalue weighted by molar-refractivity contribution is 5.99. The van der Waals surface area contributed by atoms with E-state index in [4.69, 9.17) is 4.74 Å². The highest BCUT2D eigenvalue weighted by Crippen LogP contribution is 2.33. The first-order chi connectivity index (χ1) is 17.3. The van der Waals surface area contributed by atoms with Crippen molar-refractivity contribution in [3.8, 4) is 11.4 Å². The van der Waals surface area contributed by atoms with E-state index in [9.17, 15) is 31.1 Å². The van der Waals surface area contributed by atoms with Crippen molar-refractivity contribution in [3.05, 3.63) is 47.6 Å². The zero-order chi connectivity index (χ0) is 27.1. The monoisotopic (exact) mass is 530 g/mol. The summed E-state index contributed by atoms with van der Waals surface area (Å²) in [6.07, 6.45) is -7.02. The maximum Gasteiger partial charge on any atom is 0.433 e. The van der Waals surface area contributed by atoms with E-state index in [2.05, 4.69) is 30.4 Å². The number of hydrogen-bond acceptors (Lipinski definition) is 8. The second-order valence-corrected chi connectivity index (χ2v) is 8.26. The van der Waals surface area contributed by atoms with Crippen LogP contribution in [-0.2, 0) is 18.0 Å². The number of anilines is 1. The van der Waals surface area contributed by atoms with Gasteiger partial charge < -0.3 is 15.0 Å². The molecule has 198 valence electrons. The van der Waals surface area contributed by atoms with Gasteiger partial charge in [-0.05, 0) is 19.9 Å². The van der Waals surface area contributed by atoms with E-state index in [1.807, 2.05) is 0 Å². The number of aryl methyl sites for hydroxylation is 1. The zero-order valence-electron chi connectivity index (χ0n) is 19.6. The topological polar surface area (TPSA) is 111 Å². The Morgan fingerprint density at radius 1 is 1.24 bits per heavy atom. The Bertz CT molecular complexity index is 1300. The number of carbonyl (C=O) groups is 1. The fourth-order valence-electron chi connectivity index (χ4n) is 3.86. The number of halogens is 6. The van der Waals surface area contributed by atoms with Crippen LogP contribution in [-0.4, -0.2) is 71.9 Å². The lowest BCUT2D eigenvalue weighted by molar-refractivity contribution is -0.298. The Hall–Kier alpha value is -3.82. The highest BCUT2D eigenvalue weighted by Gasteiger charge is 2.48. The van der Waals surface area contributed by atoms with Crippen molar-refractivity contribution in [2.75, 3.05) is 18.4 Å². The Morgan fingerprint density at radius 3 is 2.57 bits per heavy atom. The van der Waals surface area contributed by atoms with Gasteiger partial charge in [0.15, 0.2) is 17.3 Å². The molecular formula is C21H20F6N8O2. The van der Waals surface area contributed by atoms with Crippen LogP contribution in [0.2, 0.25) is 0 Å². The second-order valence-electron chi connectivity index (χ2n) is 8.26. The predicted molar refractivity (Wildman–Crippen MR) is 115 cm³/mol. The van der Waals surface area contributed by atoms with Gasteiger partial charge in [-0.25, -0.2) is 24.3 Å². The van der Waals surface area contributed by atoms with Gasteiger partial charge in [0.2, 0.25) is 5.95 Å². The highest BCUT2D eigenvalue weighted by atomic mass is 19.4. The van der Waals surface area contributed by atoms with Gasteiger partial charge in [0.25, 0.3) is 5.91 Å². The van der Waals surface area contributed by atoms with E-state index in [0.29, 0.717) is 11.8 Å². The number of alkyl halides is 5. The van der Waals surface area contributed by atoms with Crippen LogP contribution < -0.4 is 5.32 Å². The first kappa shape index (κ1) is 26.2. The largest absolute Gasteiger partial charge is 0.433 e. The SMILES string of the molecule is Cc1c(-c2ncc(F)cn2)c(C(=O)N2CC(F)(F)O[C@@H](C)[C@H]2CNc2nccc(C(F)(F)F)n2)nn1C. The molecule has 4 rings (SSSR count). The van der Waals surface area contributed by atoms with Gasteiger partial charge in [0.05, 0.1) is 30.1 Å². The van der Waals surface area contributed by atoms with Gasteiger partial charge in [0, 0.05) is 25.5 Å². The van der Waals surface area contributed by atoms with Crippen molar-refractivity contribution in [2.24, 2.45) is 7.05 Å². The lowest BCUT2D eigenvalue weighted by atomic mass is 10.1. The summed E-state index contributed by atoms with van der Waals surface area (Å²) in [5.74, 6) is -2.11. The minimum atomic E-state index is -4.72. The molecule has 2 atom stereocenters. The van der Waals surface area contributed by atoms with E-state index < -0.39 is 54.3 Å². The van der Waals surface area contributed by atoms with E-state index in [1.54, 1.807) is 6.92 Å². The standard InChI is InChI=1S/C21H20F6N8O2/c1-10-15(17-29-6-12(22)7-30-17)16(33-34(10)3)18(36)35-9-20(23,24)37-11(2)13(35)8-31-19-28-5-4-14(32-19)21(25,26)27/h4-7,11,13H,8-9H2,1-3H3,(H,28,31,32)/t11-,13+/m0/s1. The lowest BCUT2D eigenvalue weighted by Crippen LogP contribution is -2.61. The maximum atomic E-state index is 14.4. The number of carbonyl (C=O) groups excluding carboxylic acids is 1. The second kappa shape index (κ2) is 9.57. The molecule has 1 N–H and O–H groups in total. The fourth-order valence-corrected chi connectivity index (χ4v) is 3.86. The number of ether oxygens (including phenoxy) is 1. The zero-order valence-corrected chi connectivity index (χ0v) is 19.6. The molecule has 0 aromatic carbocycles. The van der Waals surface area contributed by atoms with Crippen LogP contribution >= 0.6 is 0 Å². The summed E-state index contributed by atoms with van der Waals surface area (Å²) in [4.78, 5) is 29.2. The molecule has 1 aliphatic rings. The van der Waals surface area contributed by atoms with Gasteiger partial charge >= 0.3 is 12.3 Å². The fraction of sp³-hybridized carbons (Fsp3) is 0.429. The normalized spacial score (nSPS) is 19.6. The molecule has 1 aliphatic heterocycles. The number of nitrogens with one attached hydrogen (secondary N) is 1. The van der Waals surface area contributed by atoms with Crippen molar-refractivity contribution < 1.29 is 35.9 Å². The number of aromatic nitrogens is 6. The number of morpholine rings is 1. The molecule has 16 heteroatoms. The quantitative estimate of drug-likeness (QED) is 0.502. The third kappa shape index (κ3) is 5.47. The summed E-state index contributed by atoms with van der Waals surface area (Å²) in [6, 6.07) is -0.411. The number of amides is 1. The van der Waals surface area contributed by atoms with E-state index in [1.165, 1.54) is 18.7 Å². The Morgan fingerprint density at radius 2 is 1.92 bits per heavy atom. The van der Waals surface area contributed by atoms with Crippen molar-refractivity contribution in [3.63, 3.8) is 0 Å². The summed E-state index contributed by atoms with van der Waals surface area (Å²) in [5, 5.41) is 6.70. The first-order valence-electron chi connectivity index (χ1n) is 10.8. The predicted octanol–water partition coefficient (Wildman–Crippen LogP) is 3.07. The molecule has 0 saturated carbocycles. The van der Waals surface area contributed by atoms with Crippen LogP contribution in [0.5, 0.6) is 0 Å². The first-order valence-corrected chi connectivity index (χ1v) is 10.8. The molecule has 1 fully saturated rings. The Balaban J connectivity index is 1.67. The molecule has 3 aromatic heterocycles. The van der Waals surface area contributed by atoms with Crippen LogP contribution in [0.15, 0.2) is 24.7 Å². The van der Waals surface area contributed by atoms with Gasteiger partial charge in [-0.1, -0.05) is 0 Å². The van der Waals surface area contributed by atoms with Gasteiger partial charge in [0.1, 0.15) is 12.2 Å². The van der Waals surface area contributed by atoms with E-state index >= 15 is 0 Å². The summed E-state index contributed by atoms with van der Waals surface area (Å²) in [6.45, 7) is 1.40. The van der Waals surface area contributed by atoms with Gasteiger partial charge in [-0.15, -0.1) is 0 Å². The molecule has 1 saturated heterocycles. The minimum Gasteiger partial charge on any atom is -0.352 e. The van der Waals surface area contributed by atoms with Gasteiger partial charge in [-0.2, -0.15) is 27.1 Å². The molecule has 37 heavy (non-hydrogen) atoms. The minimum absolute atomic E-state index is 0.0459. The molecule has 0 spiro atoms. The molecule has 3 aromatic rings. The lowest BCUT2D eigenvalue weighted by Gasteiger charge is -2.42. The van der Waals surface area contributed by atoms with Crippen LogP contribution in [0.3, 0.4) is 0 Å². The van der Waals surface area contributed by atoms with Gasteiger partial charge in [-0.3, -0.25) is 9.48 Å². The molecule has 0 radical (unpaired) electrons. The number of hydrogen-bond donors (Lipinski definition) is 1. The summed E-state index contributed by atoms with van der Waals surface area (Å²) in [7, 11) is 1.51.